The Morgan fingerprint density at radius 1 is 0.821 bits per heavy atom. The lowest BCUT2D eigenvalue weighted by Gasteiger charge is -2.13. The summed E-state index contributed by atoms with van der Waals surface area (Å²) in [5.41, 5.74) is 5.23. The average Bonchev–Trinajstić information content (AvgIpc) is 2.67. The Bertz CT molecular complexity index is 1320. The highest BCUT2D eigenvalue weighted by molar-refractivity contribution is 7.86. The predicted octanol–water partition coefficient (Wildman–Crippen LogP) is 2.87. The van der Waals surface area contributed by atoms with E-state index in [0.29, 0.717) is 16.5 Å². The number of fused-ring (bicyclic) bond motifs is 2. The summed E-state index contributed by atoms with van der Waals surface area (Å²) in [5, 5.41) is 23.1. The molecular weight excluding hydrogens is 380 g/mol. The maximum atomic E-state index is 11.6. The molecule has 0 radical (unpaired) electrons. The second-order valence-electron chi connectivity index (χ2n) is 6.30. The minimum Gasteiger partial charge on any atom is -0.506 e. The van der Waals surface area contributed by atoms with Gasteiger partial charge in [-0.2, -0.15) is 8.42 Å². The molecule has 0 bridgehead atoms. The number of phenols is 2. The Kier molecular flexibility index (Phi) is 4.31. The van der Waals surface area contributed by atoms with Crippen molar-refractivity contribution in [1.82, 2.24) is 0 Å². The molecule has 4 rings (SSSR count). The number of hydrogen-bond donors (Lipinski definition) is 5. The van der Waals surface area contributed by atoms with Crippen LogP contribution in [0.4, 0.5) is 11.4 Å². The van der Waals surface area contributed by atoms with Gasteiger partial charge in [0.25, 0.3) is 10.1 Å². The van der Waals surface area contributed by atoms with E-state index in [-0.39, 0.29) is 27.5 Å². The van der Waals surface area contributed by atoms with Crippen molar-refractivity contribution < 1.29 is 28.6 Å². The molecule has 0 aromatic heterocycles. The Morgan fingerprint density at radius 2 is 1.46 bits per heavy atom. The summed E-state index contributed by atoms with van der Waals surface area (Å²) in [6.45, 7) is 0. The zero-order chi connectivity index (χ0) is 19.9. The van der Waals surface area contributed by atoms with Crippen LogP contribution in [0.2, 0.25) is 0 Å². The molecule has 0 saturated heterocycles. The van der Waals surface area contributed by atoms with E-state index in [0.717, 1.165) is 11.5 Å². The average molecular weight is 397 g/mol. The summed E-state index contributed by atoms with van der Waals surface area (Å²) in [5.74, 6) is -0.258. The normalized spacial score (nSPS) is 11.8. The number of phenolic OH excluding ortho intramolecular Hbond substituents is 2. The number of anilines is 1. The third-order valence-corrected chi connectivity index (χ3v) is 5.46. The molecule has 7 nitrogen and oxygen atoms in total. The lowest BCUT2D eigenvalue weighted by atomic mass is 10.1. The minimum atomic E-state index is -4.50. The lowest BCUT2D eigenvalue weighted by molar-refractivity contribution is -0.538. The molecule has 8 heteroatoms. The SMILES string of the molecule is O=S(=O)(O)c1cc(O)c(N[NH2+]c2ccc3ccccc3c2O)c2ccccc12. The highest BCUT2D eigenvalue weighted by Crippen LogP contribution is 2.36. The van der Waals surface area contributed by atoms with Crippen molar-refractivity contribution in [2.75, 3.05) is 5.43 Å². The number of nitrogens with one attached hydrogen (secondary N) is 1. The number of nitrogen functional groups attached to an aromatic ring is 1. The first-order valence-electron chi connectivity index (χ1n) is 8.39. The maximum Gasteiger partial charge on any atom is 0.295 e. The van der Waals surface area contributed by atoms with E-state index >= 15 is 0 Å². The quantitative estimate of drug-likeness (QED) is 0.119. The Morgan fingerprint density at radius 3 is 2.18 bits per heavy atom. The van der Waals surface area contributed by atoms with Gasteiger partial charge in [0.05, 0.1) is 0 Å². The lowest BCUT2D eigenvalue weighted by Crippen LogP contribution is -2.82. The molecule has 0 aliphatic carbocycles. The van der Waals surface area contributed by atoms with Gasteiger partial charge in [-0.3, -0.25) is 4.55 Å². The highest BCUT2D eigenvalue weighted by atomic mass is 32.2. The van der Waals surface area contributed by atoms with Gasteiger partial charge in [-0.15, -0.1) is 0 Å². The van der Waals surface area contributed by atoms with Gasteiger partial charge in [-0.05, 0) is 11.5 Å². The van der Waals surface area contributed by atoms with Crippen LogP contribution in [0.1, 0.15) is 0 Å². The summed E-state index contributed by atoms with van der Waals surface area (Å²) >= 11 is 0. The van der Waals surface area contributed by atoms with Crippen LogP contribution in [0.5, 0.6) is 11.5 Å². The molecule has 0 aliphatic heterocycles. The van der Waals surface area contributed by atoms with Gasteiger partial charge in [0, 0.05) is 28.3 Å². The van der Waals surface area contributed by atoms with E-state index in [9.17, 15) is 23.2 Å². The molecular formula is C20H17N2O5S+. The summed E-state index contributed by atoms with van der Waals surface area (Å²) in [6.07, 6.45) is 0. The van der Waals surface area contributed by atoms with E-state index in [1.807, 2.05) is 24.3 Å². The van der Waals surface area contributed by atoms with E-state index in [4.69, 9.17) is 0 Å². The summed E-state index contributed by atoms with van der Waals surface area (Å²) in [6, 6.07) is 18.5. The standard InChI is InChI=1S/C20H16N2O5S/c23-17-11-18(28(25,26)27)14-7-3-4-8-15(14)19(17)22-21-16-10-9-12-5-1-2-6-13(12)20(16)24/h1-11,21-24H,(H,25,26,27)/p+1. The van der Waals surface area contributed by atoms with Crippen molar-refractivity contribution in [3.8, 4) is 11.5 Å². The summed E-state index contributed by atoms with van der Waals surface area (Å²) < 4.78 is 32.7. The first-order valence-corrected chi connectivity index (χ1v) is 9.83. The molecule has 6 N–H and O–H groups in total. The van der Waals surface area contributed by atoms with Crippen LogP contribution in [0.25, 0.3) is 21.5 Å². The fraction of sp³-hybridized carbons (Fsp3) is 0. The summed E-state index contributed by atoms with van der Waals surface area (Å²) in [7, 11) is -4.50. The molecule has 0 atom stereocenters. The first kappa shape index (κ1) is 18.1. The van der Waals surface area contributed by atoms with E-state index in [2.05, 4.69) is 5.43 Å². The van der Waals surface area contributed by atoms with E-state index < -0.39 is 10.1 Å². The van der Waals surface area contributed by atoms with Crippen molar-refractivity contribution in [1.29, 1.82) is 0 Å². The number of aromatic hydroxyl groups is 2. The first-order chi connectivity index (χ1) is 13.4. The van der Waals surface area contributed by atoms with Gasteiger partial charge < -0.3 is 10.2 Å². The van der Waals surface area contributed by atoms with Crippen LogP contribution in [0.3, 0.4) is 0 Å². The number of quaternary nitrogens is 1. The van der Waals surface area contributed by atoms with Crippen molar-refractivity contribution >= 4 is 43.0 Å². The smallest absolute Gasteiger partial charge is 0.295 e. The third kappa shape index (κ3) is 3.09. The Balaban J connectivity index is 1.77. The van der Waals surface area contributed by atoms with Gasteiger partial charge in [-0.1, -0.05) is 48.5 Å². The molecule has 0 aliphatic rings. The van der Waals surface area contributed by atoms with Gasteiger partial charge in [0.2, 0.25) is 0 Å². The zero-order valence-corrected chi connectivity index (χ0v) is 15.3. The van der Waals surface area contributed by atoms with Crippen LogP contribution in [-0.4, -0.2) is 23.2 Å². The Hall–Kier alpha value is -3.33. The monoisotopic (exact) mass is 397 g/mol. The fourth-order valence-corrected chi connectivity index (χ4v) is 3.95. The predicted molar refractivity (Wildman–Crippen MR) is 106 cm³/mol. The van der Waals surface area contributed by atoms with Crippen LogP contribution in [0, 0.1) is 0 Å². The molecule has 0 heterocycles. The van der Waals surface area contributed by atoms with E-state index in [1.54, 1.807) is 30.3 Å². The molecule has 28 heavy (non-hydrogen) atoms. The van der Waals surface area contributed by atoms with Crippen LogP contribution in [-0.2, 0) is 10.1 Å². The van der Waals surface area contributed by atoms with Crippen molar-refractivity contribution in [3.63, 3.8) is 0 Å². The fourth-order valence-electron chi connectivity index (χ4n) is 3.23. The van der Waals surface area contributed by atoms with Gasteiger partial charge in [0.15, 0.2) is 11.4 Å². The molecule has 0 saturated carbocycles. The molecule has 4 aromatic carbocycles. The largest absolute Gasteiger partial charge is 0.506 e. The molecule has 142 valence electrons. The molecule has 0 unspecified atom stereocenters. The summed E-state index contributed by atoms with van der Waals surface area (Å²) in [4.78, 5) is -0.375. The number of hydrogen-bond acceptors (Lipinski definition) is 5. The second-order valence-corrected chi connectivity index (χ2v) is 7.69. The van der Waals surface area contributed by atoms with Crippen molar-refractivity contribution in [2.24, 2.45) is 0 Å². The molecule has 0 spiro atoms. The molecule has 0 fully saturated rings. The molecule has 0 amide bonds. The van der Waals surface area contributed by atoms with E-state index in [1.165, 1.54) is 11.5 Å². The maximum absolute atomic E-state index is 11.6. The van der Waals surface area contributed by atoms with Crippen LogP contribution < -0.4 is 10.9 Å². The van der Waals surface area contributed by atoms with Gasteiger partial charge in [-0.25, -0.2) is 10.9 Å². The Labute approximate surface area is 160 Å². The minimum absolute atomic E-state index is 0.0870. The van der Waals surface area contributed by atoms with Gasteiger partial charge in [0.1, 0.15) is 16.3 Å². The number of nitrogens with two attached hydrogens (primary N) is 1. The van der Waals surface area contributed by atoms with Crippen LogP contribution >= 0.6 is 0 Å². The zero-order valence-electron chi connectivity index (χ0n) is 14.5. The van der Waals surface area contributed by atoms with Crippen molar-refractivity contribution in [3.05, 3.63) is 66.7 Å². The number of rotatable bonds is 4. The number of benzene rings is 4. The van der Waals surface area contributed by atoms with Gasteiger partial charge >= 0.3 is 0 Å². The third-order valence-electron chi connectivity index (χ3n) is 4.57. The second kappa shape index (κ2) is 6.68. The topological polar surface area (TPSA) is 123 Å². The molecule has 4 aromatic rings. The highest BCUT2D eigenvalue weighted by Gasteiger charge is 2.20. The van der Waals surface area contributed by atoms with Crippen LogP contribution in [0.15, 0.2) is 71.6 Å². The van der Waals surface area contributed by atoms with Crippen molar-refractivity contribution in [2.45, 2.75) is 4.90 Å².